The van der Waals surface area contributed by atoms with E-state index in [1.807, 2.05) is 58.1 Å². The number of imidazole rings is 1. The Morgan fingerprint density at radius 3 is 2.63 bits per heavy atom. The highest BCUT2D eigenvalue weighted by atomic mass is 16.2. The molecule has 0 saturated carbocycles. The fourth-order valence-electron chi connectivity index (χ4n) is 3.36. The first-order chi connectivity index (χ1) is 13.3. The van der Waals surface area contributed by atoms with Crippen molar-refractivity contribution in [2.75, 3.05) is 13.1 Å². The first-order valence-corrected chi connectivity index (χ1v) is 9.15. The van der Waals surface area contributed by atoms with E-state index in [1.54, 1.807) is 12.5 Å². The summed E-state index contributed by atoms with van der Waals surface area (Å²) in [7, 11) is 0. The highest BCUT2D eigenvalue weighted by molar-refractivity contribution is 5.76. The van der Waals surface area contributed by atoms with E-state index in [-0.39, 0.29) is 6.03 Å². The molecule has 0 unspecified atom stereocenters. The predicted octanol–water partition coefficient (Wildman–Crippen LogP) is 3.87. The van der Waals surface area contributed by atoms with Crippen LogP contribution in [0.25, 0.3) is 11.3 Å². The molecular formula is C22H22N4O. The third-order valence-electron chi connectivity index (χ3n) is 4.85. The minimum absolute atomic E-state index is 0.0289. The van der Waals surface area contributed by atoms with Crippen LogP contribution in [0.2, 0.25) is 0 Å². The summed E-state index contributed by atoms with van der Waals surface area (Å²) in [6, 6.07) is 18.4. The summed E-state index contributed by atoms with van der Waals surface area (Å²) in [5.41, 5.74) is 4.64. The van der Waals surface area contributed by atoms with Gasteiger partial charge in [0.15, 0.2) is 0 Å². The number of nitrogens with zero attached hydrogens (tertiary/aromatic N) is 3. The van der Waals surface area contributed by atoms with Crippen molar-refractivity contribution in [2.45, 2.75) is 13.0 Å². The summed E-state index contributed by atoms with van der Waals surface area (Å²) < 4.78 is 1.96. The monoisotopic (exact) mass is 358 g/mol. The molecule has 1 aliphatic heterocycles. The van der Waals surface area contributed by atoms with Crippen molar-refractivity contribution in [1.82, 2.24) is 19.8 Å². The normalized spacial score (nSPS) is 13.9. The molecule has 2 aromatic carbocycles. The number of carbonyl (C=O) groups is 1. The number of nitrogens with one attached hydrogen (secondary N) is 1. The Balaban J connectivity index is 1.38. The molecule has 5 nitrogen and oxygen atoms in total. The zero-order valence-corrected chi connectivity index (χ0v) is 15.1. The van der Waals surface area contributed by atoms with Gasteiger partial charge in [-0.3, -0.25) is 0 Å². The van der Waals surface area contributed by atoms with Crippen LogP contribution in [0, 0.1) is 0 Å². The van der Waals surface area contributed by atoms with Gasteiger partial charge in [0.05, 0.1) is 12.0 Å². The first-order valence-electron chi connectivity index (χ1n) is 9.15. The van der Waals surface area contributed by atoms with Crippen molar-refractivity contribution in [1.29, 1.82) is 0 Å². The van der Waals surface area contributed by atoms with Crippen molar-refractivity contribution >= 4 is 11.6 Å². The molecule has 0 spiro atoms. The predicted molar refractivity (Wildman–Crippen MR) is 106 cm³/mol. The summed E-state index contributed by atoms with van der Waals surface area (Å²) in [4.78, 5) is 18.5. The van der Waals surface area contributed by atoms with Gasteiger partial charge in [0.2, 0.25) is 0 Å². The maximum Gasteiger partial charge on any atom is 0.317 e. The molecule has 136 valence electrons. The van der Waals surface area contributed by atoms with Crippen LogP contribution in [0.15, 0.2) is 79.4 Å². The van der Waals surface area contributed by atoms with Crippen LogP contribution in [0.3, 0.4) is 0 Å². The second-order valence-corrected chi connectivity index (χ2v) is 6.55. The van der Waals surface area contributed by atoms with E-state index in [1.165, 1.54) is 11.1 Å². The molecule has 3 aromatic rings. The van der Waals surface area contributed by atoms with Crippen LogP contribution in [-0.4, -0.2) is 33.6 Å². The van der Waals surface area contributed by atoms with Gasteiger partial charge in [0.25, 0.3) is 0 Å². The number of amides is 2. The lowest BCUT2D eigenvalue weighted by Crippen LogP contribution is -2.41. The lowest BCUT2D eigenvalue weighted by atomic mass is 10.00. The third kappa shape index (κ3) is 3.92. The molecule has 4 rings (SSSR count). The van der Waals surface area contributed by atoms with E-state index >= 15 is 0 Å². The van der Waals surface area contributed by atoms with Crippen molar-refractivity contribution in [3.8, 4) is 5.69 Å². The van der Waals surface area contributed by atoms with Gasteiger partial charge in [-0.05, 0) is 29.2 Å². The van der Waals surface area contributed by atoms with Crippen molar-refractivity contribution in [3.63, 3.8) is 0 Å². The Hall–Kier alpha value is -3.34. The van der Waals surface area contributed by atoms with Gasteiger partial charge in [0, 0.05) is 32.0 Å². The standard InChI is InChI=1S/C22H22N4O/c27-22(25-13-10-19(11-14-25)18-6-2-1-3-7-18)24-16-20-8-4-5-9-21(20)26-15-12-23-17-26/h1-10,12,15,17H,11,13-14,16H2,(H,24,27). The largest absolute Gasteiger partial charge is 0.334 e. The second-order valence-electron chi connectivity index (χ2n) is 6.55. The molecule has 1 aliphatic rings. The summed E-state index contributed by atoms with van der Waals surface area (Å²) in [6.07, 6.45) is 8.45. The number of hydrogen-bond acceptors (Lipinski definition) is 2. The number of benzene rings is 2. The van der Waals surface area contributed by atoms with Gasteiger partial charge in [-0.1, -0.05) is 54.6 Å². The number of para-hydroxylation sites is 1. The van der Waals surface area contributed by atoms with Crippen LogP contribution >= 0.6 is 0 Å². The molecule has 0 radical (unpaired) electrons. The van der Waals surface area contributed by atoms with Crippen LogP contribution in [0.1, 0.15) is 17.5 Å². The molecule has 0 bridgehead atoms. The van der Waals surface area contributed by atoms with Crippen LogP contribution in [0.4, 0.5) is 4.79 Å². The van der Waals surface area contributed by atoms with Gasteiger partial charge < -0.3 is 14.8 Å². The molecular weight excluding hydrogens is 336 g/mol. The first kappa shape index (κ1) is 17.1. The zero-order chi connectivity index (χ0) is 18.5. The van der Waals surface area contributed by atoms with Crippen LogP contribution < -0.4 is 5.32 Å². The Kier molecular flexibility index (Phi) is 5.01. The van der Waals surface area contributed by atoms with Gasteiger partial charge in [-0.2, -0.15) is 0 Å². The maximum absolute atomic E-state index is 12.6. The topological polar surface area (TPSA) is 50.2 Å². The SMILES string of the molecule is O=C(NCc1ccccc1-n1ccnc1)N1CC=C(c2ccccc2)CC1. The summed E-state index contributed by atoms with van der Waals surface area (Å²) in [6.45, 7) is 1.86. The summed E-state index contributed by atoms with van der Waals surface area (Å²) >= 11 is 0. The smallest absolute Gasteiger partial charge is 0.317 e. The highest BCUT2D eigenvalue weighted by Crippen LogP contribution is 2.22. The Morgan fingerprint density at radius 1 is 1.07 bits per heavy atom. The van der Waals surface area contributed by atoms with Gasteiger partial charge in [-0.15, -0.1) is 0 Å². The van der Waals surface area contributed by atoms with E-state index in [2.05, 4.69) is 28.5 Å². The second kappa shape index (κ2) is 7.91. The number of urea groups is 1. The molecule has 5 heteroatoms. The molecule has 0 fully saturated rings. The molecule has 2 heterocycles. The molecule has 27 heavy (non-hydrogen) atoms. The van der Waals surface area contributed by atoms with E-state index < -0.39 is 0 Å². The average Bonchev–Trinajstić information content (AvgIpc) is 3.28. The van der Waals surface area contributed by atoms with Crippen molar-refractivity contribution in [3.05, 3.63) is 90.5 Å². The maximum atomic E-state index is 12.6. The lowest BCUT2D eigenvalue weighted by molar-refractivity contribution is 0.202. The Morgan fingerprint density at radius 2 is 1.89 bits per heavy atom. The summed E-state index contributed by atoms with van der Waals surface area (Å²) in [5, 5.41) is 3.05. The Bertz CT molecular complexity index is 932. The molecule has 0 saturated heterocycles. The summed E-state index contributed by atoms with van der Waals surface area (Å²) in [5.74, 6) is 0. The molecule has 2 amide bonds. The van der Waals surface area contributed by atoms with E-state index in [0.717, 1.165) is 24.2 Å². The fourth-order valence-corrected chi connectivity index (χ4v) is 3.36. The number of hydrogen-bond donors (Lipinski definition) is 1. The van der Waals surface area contributed by atoms with Crippen molar-refractivity contribution < 1.29 is 4.79 Å². The van der Waals surface area contributed by atoms with Gasteiger partial charge in [0.1, 0.15) is 0 Å². The molecule has 0 aliphatic carbocycles. The molecule has 1 N–H and O–H groups in total. The minimum Gasteiger partial charge on any atom is -0.334 e. The molecule has 0 atom stereocenters. The van der Waals surface area contributed by atoms with Crippen molar-refractivity contribution in [2.24, 2.45) is 0 Å². The third-order valence-corrected chi connectivity index (χ3v) is 4.85. The number of carbonyl (C=O) groups excluding carboxylic acids is 1. The quantitative estimate of drug-likeness (QED) is 0.770. The van der Waals surface area contributed by atoms with Gasteiger partial charge in [-0.25, -0.2) is 9.78 Å². The minimum atomic E-state index is -0.0289. The van der Waals surface area contributed by atoms with E-state index in [9.17, 15) is 4.79 Å². The molecule has 1 aromatic heterocycles. The lowest BCUT2D eigenvalue weighted by Gasteiger charge is -2.27. The van der Waals surface area contributed by atoms with Crippen LogP contribution in [-0.2, 0) is 6.54 Å². The zero-order valence-electron chi connectivity index (χ0n) is 15.1. The Labute approximate surface area is 159 Å². The van der Waals surface area contributed by atoms with E-state index in [4.69, 9.17) is 0 Å². The average molecular weight is 358 g/mol. The van der Waals surface area contributed by atoms with Gasteiger partial charge >= 0.3 is 6.03 Å². The van der Waals surface area contributed by atoms with Crippen LogP contribution in [0.5, 0.6) is 0 Å². The number of aromatic nitrogens is 2. The fraction of sp³-hybridized carbons (Fsp3) is 0.182. The highest BCUT2D eigenvalue weighted by Gasteiger charge is 2.18. The number of rotatable bonds is 4. The van der Waals surface area contributed by atoms with E-state index in [0.29, 0.717) is 13.1 Å².